The number of halogens is 1. The smallest absolute Gasteiger partial charge is 0.0700 e. The highest BCUT2D eigenvalue weighted by Gasteiger charge is 2.24. The lowest BCUT2D eigenvalue weighted by atomic mass is 9.94. The summed E-state index contributed by atoms with van der Waals surface area (Å²) in [5.74, 6) is 0. The maximum atomic E-state index is 5.68. The molecule has 1 aromatic rings. The first-order valence-corrected chi connectivity index (χ1v) is 8.35. The van der Waals surface area contributed by atoms with Gasteiger partial charge in [-0.3, -0.25) is 0 Å². The molecule has 2 aliphatic rings. The number of nitrogens with one attached hydrogen (secondary N) is 1. The molecule has 3 rings (SSSR count). The van der Waals surface area contributed by atoms with Gasteiger partial charge in [-0.2, -0.15) is 0 Å². The molecular weight excluding hydrogens is 345 g/mol. The zero-order chi connectivity index (χ0) is 11.7. The van der Waals surface area contributed by atoms with Gasteiger partial charge in [0, 0.05) is 24.1 Å². The molecule has 4 heteroatoms. The highest BCUT2D eigenvalue weighted by Crippen LogP contribution is 2.36. The minimum Gasteiger partial charge on any atom is -0.377 e. The Morgan fingerprint density at radius 3 is 3.18 bits per heavy atom. The van der Waals surface area contributed by atoms with Crippen molar-refractivity contribution in [1.82, 2.24) is 5.32 Å². The Morgan fingerprint density at radius 1 is 1.41 bits per heavy atom. The fraction of sp³-hybridized carbons (Fsp3) is 0.692. The quantitative estimate of drug-likeness (QED) is 0.830. The summed E-state index contributed by atoms with van der Waals surface area (Å²) in [7, 11) is 0. The molecule has 0 saturated carbocycles. The molecule has 1 saturated heterocycles. The minimum absolute atomic E-state index is 0.457. The van der Waals surface area contributed by atoms with E-state index in [4.69, 9.17) is 4.74 Å². The second kappa shape index (κ2) is 5.55. The van der Waals surface area contributed by atoms with Crippen LogP contribution in [0.3, 0.4) is 0 Å². The van der Waals surface area contributed by atoms with Crippen LogP contribution < -0.4 is 5.32 Å². The van der Waals surface area contributed by atoms with E-state index < -0.39 is 0 Å². The van der Waals surface area contributed by atoms with Gasteiger partial charge in [0.2, 0.25) is 0 Å². The van der Waals surface area contributed by atoms with Gasteiger partial charge in [0.05, 0.1) is 8.99 Å². The molecule has 94 valence electrons. The summed E-state index contributed by atoms with van der Waals surface area (Å²) >= 11 is 4.41. The van der Waals surface area contributed by atoms with Gasteiger partial charge >= 0.3 is 0 Å². The highest BCUT2D eigenvalue weighted by atomic mass is 127. The van der Waals surface area contributed by atoms with Crippen LogP contribution in [0.25, 0.3) is 0 Å². The van der Waals surface area contributed by atoms with Gasteiger partial charge in [-0.1, -0.05) is 0 Å². The number of hydrogen-bond donors (Lipinski definition) is 1. The van der Waals surface area contributed by atoms with Crippen molar-refractivity contribution in [2.24, 2.45) is 0 Å². The van der Waals surface area contributed by atoms with Crippen LogP contribution in [-0.2, 0) is 11.2 Å². The predicted molar refractivity (Wildman–Crippen MR) is 79.7 cm³/mol. The summed E-state index contributed by atoms with van der Waals surface area (Å²) in [6.45, 7) is 1.98. The second-order valence-electron chi connectivity index (χ2n) is 4.92. The lowest BCUT2D eigenvalue weighted by Gasteiger charge is -2.25. The molecule has 1 fully saturated rings. The van der Waals surface area contributed by atoms with E-state index in [1.54, 1.807) is 10.4 Å². The molecule has 2 unspecified atom stereocenters. The molecule has 2 atom stereocenters. The average Bonchev–Trinajstić information content (AvgIpc) is 2.93. The van der Waals surface area contributed by atoms with Crippen LogP contribution in [0, 0.1) is 2.88 Å². The van der Waals surface area contributed by atoms with Gasteiger partial charge in [-0.15, -0.1) is 11.3 Å². The molecule has 2 nitrogen and oxygen atoms in total. The van der Waals surface area contributed by atoms with Crippen molar-refractivity contribution in [3.63, 3.8) is 0 Å². The number of thiophene rings is 1. The Balaban J connectivity index is 1.63. The largest absolute Gasteiger partial charge is 0.377 e. The number of rotatable bonds is 3. The standard InChI is InChI=1S/C13H18INOS/c14-13-7-10-11(4-1-5-12(10)17-13)15-8-9-3-2-6-16-9/h7,9,11,15H,1-6,8H2. The summed E-state index contributed by atoms with van der Waals surface area (Å²) in [4.78, 5) is 1.60. The fourth-order valence-electron chi connectivity index (χ4n) is 2.81. The molecule has 0 aromatic carbocycles. The van der Waals surface area contributed by atoms with Crippen LogP contribution in [-0.4, -0.2) is 19.3 Å². The van der Waals surface area contributed by atoms with E-state index in [0.29, 0.717) is 12.1 Å². The lowest BCUT2D eigenvalue weighted by Crippen LogP contribution is -2.31. The second-order valence-corrected chi connectivity index (χ2v) is 7.95. The van der Waals surface area contributed by atoms with Crippen molar-refractivity contribution in [1.29, 1.82) is 0 Å². The fourth-order valence-corrected chi connectivity index (χ4v) is 4.93. The molecule has 0 bridgehead atoms. The van der Waals surface area contributed by atoms with Crippen molar-refractivity contribution in [3.8, 4) is 0 Å². The van der Waals surface area contributed by atoms with Gasteiger partial charge in [0.25, 0.3) is 0 Å². The third kappa shape index (κ3) is 2.85. The summed E-state index contributed by atoms with van der Waals surface area (Å²) in [6.07, 6.45) is 6.81. The van der Waals surface area contributed by atoms with E-state index in [1.165, 1.54) is 35.0 Å². The molecule has 1 N–H and O–H groups in total. The van der Waals surface area contributed by atoms with Crippen molar-refractivity contribution in [3.05, 3.63) is 19.4 Å². The zero-order valence-electron chi connectivity index (χ0n) is 9.88. The first-order chi connectivity index (χ1) is 8.33. The molecule has 0 amide bonds. The molecule has 2 heterocycles. The van der Waals surface area contributed by atoms with E-state index in [0.717, 1.165) is 13.2 Å². The molecular formula is C13H18INOS. The summed E-state index contributed by atoms with van der Waals surface area (Å²) in [5.41, 5.74) is 1.56. The highest BCUT2D eigenvalue weighted by molar-refractivity contribution is 14.1. The van der Waals surface area contributed by atoms with Crippen molar-refractivity contribution < 1.29 is 4.74 Å². The lowest BCUT2D eigenvalue weighted by molar-refractivity contribution is 0.107. The van der Waals surface area contributed by atoms with Crippen LogP contribution in [0.5, 0.6) is 0 Å². The Labute approximate surface area is 120 Å². The molecule has 1 aromatic heterocycles. The predicted octanol–water partition coefficient (Wildman–Crippen LogP) is 3.50. The average molecular weight is 363 g/mol. The summed E-state index contributed by atoms with van der Waals surface area (Å²) in [5, 5.41) is 3.71. The molecule has 1 aliphatic heterocycles. The van der Waals surface area contributed by atoms with E-state index >= 15 is 0 Å². The van der Waals surface area contributed by atoms with Crippen LogP contribution in [0.4, 0.5) is 0 Å². The SMILES string of the molecule is Ic1cc2c(s1)CCCC2NCC1CCCO1. The molecule has 17 heavy (non-hydrogen) atoms. The van der Waals surface area contributed by atoms with Gasteiger partial charge in [0.15, 0.2) is 0 Å². The van der Waals surface area contributed by atoms with Gasteiger partial charge in [-0.05, 0) is 66.3 Å². The van der Waals surface area contributed by atoms with Crippen molar-refractivity contribution >= 4 is 33.9 Å². The van der Waals surface area contributed by atoms with E-state index in [2.05, 4.69) is 34.0 Å². The first-order valence-electron chi connectivity index (χ1n) is 6.46. The topological polar surface area (TPSA) is 21.3 Å². The van der Waals surface area contributed by atoms with E-state index in [9.17, 15) is 0 Å². The Morgan fingerprint density at radius 2 is 2.35 bits per heavy atom. The summed E-state index contributed by atoms with van der Waals surface area (Å²) < 4.78 is 7.10. The monoisotopic (exact) mass is 363 g/mol. The Bertz CT molecular complexity index is 387. The van der Waals surface area contributed by atoms with Gasteiger partial charge in [0.1, 0.15) is 0 Å². The van der Waals surface area contributed by atoms with Crippen molar-refractivity contribution in [2.75, 3.05) is 13.2 Å². The minimum atomic E-state index is 0.457. The van der Waals surface area contributed by atoms with Gasteiger partial charge < -0.3 is 10.1 Å². The first kappa shape index (κ1) is 12.4. The maximum Gasteiger partial charge on any atom is 0.0700 e. The maximum absolute atomic E-state index is 5.68. The third-order valence-electron chi connectivity index (χ3n) is 3.70. The third-order valence-corrected chi connectivity index (χ3v) is 5.67. The number of hydrogen-bond acceptors (Lipinski definition) is 3. The van der Waals surface area contributed by atoms with Crippen LogP contribution in [0.2, 0.25) is 0 Å². The number of aryl methyl sites for hydroxylation is 1. The summed E-state index contributed by atoms with van der Waals surface area (Å²) in [6, 6.07) is 2.94. The van der Waals surface area contributed by atoms with Crippen molar-refractivity contribution in [2.45, 2.75) is 44.2 Å². The van der Waals surface area contributed by atoms with Gasteiger partial charge in [-0.25, -0.2) is 0 Å². The van der Waals surface area contributed by atoms with E-state index in [-0.39, 0.29) is 0 Å². The van der Waals surface area contributed by atoms with Crippen LogP contribution in [0.15, 0.2) is 6.07 Å². The van der Waals surface area contributed by atoms with Crippen LogP contribution in [0.1, 0.15) is 42.2 Å². The van der Waals surface area contributed by atoms with E-state index in [1.807, 2.05) is 11.3 Å². The molecule has 0 radical (unpaired) electrons. The Hall–Kier alpha value is 0.350. The normalized spacial score (nSPS) is 28.3. The Kier molecular flexibility index (Phi) is 4.04. The van der Waals surface area contributed by atoms with Crippen LogP contribution >= 0.6 is 33.9 Å². The zero-order valence-corrected chi connectivity index (χ0v) is 12.9. The number of ether oxygens (including phenoxy) is 1. The molecule has 1 aliphatic carbocycles. The molecule has 0 spiro atoms. The number of fused-ring (bicyclic) bond motifs is 1.